The predicted molar refractivity (Wildman–Crippen MR) is 189 cm³/mol. The van der Waals surface area contributed by atoms with E-state index in [9.17, 15) is 0 Å². The zero-order valence-electron chi connectivity index (χ0n) is 27.8. The van der Waals surface area contributed by atoms with Gasteiger partial charge < -0.3 is 18.9 Å². The van der Waals surface area contributed by atoms with Gasteiger partial charge in [-0.1, -0.05) is 48.5 Å². The maximum atomic E-state index is 4.42. The zero-order valence-corrected chi connectivity index (χ0v) is 27.8. The summed E-state index contributed by atoms with van der Waals surface area (Å²) in [6.07, 6.45) is 8.39. The number of likely N-dealkylation sites (N-methyl/N-ethyl adjacent to an activating group) is 2. The Morgan fingerprint density at radius 2 is 1.00 bits per heavy atom. The third-order valence-corrected chi connectivity index (χ3v) is 9.90. The monoisotopic (exact) mass is 610 g/mol. The number of hydrogen-bond donors (Lipinski definition) is 0. The van der Waals surface area contributed by atoms with Crippen LogP contribution in [0, 0.1) is 13.8 Å². The number of aryl methyl sites for hydroxylation is 6. The van der Waals surface area contributed by atoms with Gasteiger partial charge in [0.05, 0.1) is 0 Å². The summed E-state index contributed by atoms with van der Waals surface area (Å²) in [4.78, 5) is 13.7. The lowest BCUT2D eigenvalue weighted by Crippen LogP contribution is -2.27. The average Bonchev–Trinajstić information content (AvgIpc) is 3.56. The van der Waals surface area contributed by atoms with E-state index < -0.39 is 0 Å². The van der Waals surface area contributed by atoms with Crippen LogP contribution in [0.5, 0.6) is 0 Å². The molecule has 46 heavy (non-hydrogen) atoms. The molecule has 0 unspecified atom stereocenters. The number of nitrogens with zero attached hydrogens (tertiary/aromatic N) is 6. The second kappa shape index (κ2) is 13.2. The fourth-order valence-corrected chi connectivity index (χ4v) is 7.36. The van der Waals surface area contributed by atoms with Crippen LogP contribution >= 0.6 is 0 Å². The van der Waals surface area contributed by atoms with Crippen molar-refractivity contribution in [3.05, 3.63) is 130 Å². The lowest BCUT2D eigenvalue weighted by Gasteiger charge is -2.24. The Bertz CT molecular complexity index is 1800. The number of benzene rings is 2. The molecule has 2 aliphatic heterocycles. The Morgan fingerprint density at radius 1 is 0.565 bits per heavy atom. The van der Waals surface area contributed by atoms with E-state index in [1.54, 1.807) is 0 Å². The fraction of sp³-hybridized carbons (Fsp3) is 0.350. The molecule has 236 valence electrons. The van der Waals surface area contributed by atoms with Crippen LogP contribution < -0.4 is 0 Å². The number of aromatic nitrogens is 4. The molecule has 0 radical (unpaired) electrons. The largest absolute Gasteiger partial charge is 0.344 e. The van der Waals surface area contributed by atoms with Crippen molar-refractivity contribution >= 4 is 21.8 Å². The number of pyridine rings is 2. The molecule has 0 aliphatic carbocycles. The molecule has 6 aromatic rings. The predicted octanol–water partition coefficient (Wildman–Crippen LogP) is 7.15. The summed E-state index contributed by atoms with van der Waals surface area (Å²) >= 11 is 0. The summed E-state index contributed by atoms with van der Waals surface area (Å²) < 4.78 is 5.08. The minimum Gasteiger partial charge on any atom is -0.344 e. The summed E-state index contributed by atoms with van der Waals surface area (Å²) in [6, 6.07) is 26.3. The summed E-state index contributed by atoms with van der Waals surface area (Å²) in [6.45, 7) is 10.6. The van der Waals surface area contributed by atoms with Gasteiger partial charge in [-0.05, 0) is 87.3 Å². The van der Waals surface area contributed by atoms with Gasteiger partial charge in [-0.2, -0.15) is 0 Å². The van der Waals surface area contributed by atoms with Crippen molar-refractivity contribution < 1.29 is 0 Å². The van der Waals surface area contributed by atoms with Gasteiger partial charge in [0.2, 0.25) is 0 Å². The maximum Gasteiger partial charge on any atom is 0.0486 e. The van der Waals surface area contributed by atoms with E-state index in [1.807, 2.05) is 26.2 Å². The molecule has 6 nitrogen and oxygen atoms in total. The first-order valence-corrected chi connectivity index (χ1v) is 16.8. The molecule has 0 saturated heterocycles. The maximum absolute atomic E-state index is 4.42. The van der Waals surface area contributed by atoms with E-state index in [4.69, 9.17) is 0 Å². The van der Waals surface area contributed by atoms with Crippen LogP contribution in [0.2, 0.25) is 0 Å². The Kier molecular flexibility index (Phi) is 8.74. The minimum absolute atomic E-state index is 1.03. The van der Waals surface area contributed by atoms with Crippen molar-refractivity contribution in [2.75, 3.05) is 27.2 Å². The van der Waals surface area contributed by atoms with Gasteiger partial charge in [0.15, 0.2) is 0 Å². The second-order valence-electron chi connectivity index (χ2n) is 13.3. The van der Waals surface area contributed by atoms with Crippen molar-refractivity contribution in [2.45, 2.75) is 65.7 Å². The third kappa shape index (κ3) is 6.24. The molecular weight excluding hydrogens is 564 g/mol. The van der Waals surface area contributed by atoms with Crippen LogP contribution in [0.3, 0.4) is 0 Å². The normalized spacial score (nSPS) is 15.0. The van der Waals surface area contributed by atoms with Gasteiger partial charge in [0, 0.05) is 109 Å². The highest BCUT2D eigenvalue weighted by Crippen LogP contribution is 2.32. The summed E-state index contributed by atoms with van der Waals surface area (Å²) in [5, 5.41) is 2.85. The SMILES string of the molecule is Cc1ccc(CCn2c3c(c4ccccc42)CN(C)CC3)cn1.Cc1ccc(CCn2c3c(c4ccccc42)CN(C)CC3)cn1. The van der Waals surface area contributed by atoms with E-state index in [-0.39, 0.29) is 0 Å². The first-order valence-electron chi connectivity index (χ1n) is 16.8. The van der Waals surface area contributed by atoms with Crippen LogP contribution in [0.25, 0.3) is 21.8 Å². The molecule has 2 aromatic carbocycles. The van der Waals surface area contributed by atoms with Crippen molar-refractivity contribution in [2.24, 2.45) is 0 Å². The molecule has 4 aromatic heterocycles. The summed E-state index contributed by atoms with van der Waals surface area (Å²) in [7, 11) is 4.43. The Labute approximate surface area is 273 Å². The molecule has 0 spiro atoms. The second-order valence-corrected chi connectivity index (χ2v) is 13.3. The van der Waals surface area contributed by atoms with Gasteiger partial charge in [0.1, 0.15) is 0 Å². The van der Waals surface area contributed by atoms with Gasteiger partial charge in [-0.15, -0.1) is 0 Å². The van der Waals surface area contributed by atoms with E-state index in [1.165, 1.54) is 55.4 Å². The molecule has 0 fully saturated rings. The summed E-state index contributed by atoms with van der Waals surface area (Å²) in [5.41, 5.74) is 13.7. The van der Waals surface area contributed by atoms with Crippen LogP contribution in [0.4, 0.5) is 0 Å². The smallest absolute Gasteiger partial charge is 0.0486 e. The fourth-order valence-electron chi connectivity index (χ4n) is 7.36. The van der Waals surface area contributed by atoms with Crippen LogP contribution in [-0.2, 0) is 51.9 Å². The lowest BCUT2D eigenvalue weighted by molar-refractivity contribution is 0.309. The van der Waals surface area contributed by atoms with Crippen LogP contribution in [0.1, 0.15) is 45.0 Å². The summed E-state index contributed by atoms with van der Waals surface area (Å²) in [5.74, 6) is 0. The van der Waals surface area contributed by atoms with Crippen LogP contribution in [0.15, 0.2) is 85.2 Å². The quantitative estimate of drug-likeness (QED) is 0.201. The highest BCUT2D eigenvalue weighted by Gasteiger charge is 2.23. The molecule has 0 amide bonds. The van der Waals surface area contributed by atoms with Crippen molar-refractivity contribution in [3.63, 3.8) is 0 Å². The first-order chi connectivity index (χ1) is 22.4. The average molecular weight is 611 g/mol. The Balaban J connectivity index is 0.000000147. The molecule has 0 saturated carbocycles. The van der Waals surface area contributed by atoms with E-state index >= 15 is 0 Å². The van der Waals surface area contributed by atoms with Gasteiger partial charge in [-0.25, -0.2) is 0 Å². The van der Waals surface area contributed by atoms with E-state index in [0.29, 0.717) is 0 Å². The van der Waals surface area contributed by atoms with Gasteiger partial charge in [-0.3, -0.25) is 9.97 Å². The highest BCUT2D eigenvalue weighted by atomic mass is 15.1. The zero-order chi connectivity index (χ0) is 31.6. The van der Waals surface area contributed by atoms with Crippen molar-refractivity contribution in [1.82, 2.24) is 28.9 Å². The standard InChI is InChI=1S/2C20H23N3/c2*1-15-7-8-16(13-21-15)9-12-23-19-6-4-3-5-17(19)18-14-22(2)11-10-20(18)23/h2*3-8,13H,9-12,14H2,1-2H3. The minimum atomic E-state index is 1.03. The Hall–Kier alpha value is -4.26. The molecule has 6 heterocycles. The third-order valence-electron chi connectivity index (χ3n) is 9.90. The van der Waals surface area contributed by atoms with Gasteiger partial charge in [0.25, 0.3) is 0 Å². The molecule has 6 heteroatoms. The van der Waals surface area contributed by atoms with Crippen LogP contribution in [-0.4, -0.2) is 56.1 Å². The molecular formula is C40H46N6. The van der Waals surface area contributed by atoms with E-state index in [0.717, 1.165) is 76.3 Å². The number of rotatable bonds is 6. The van der Waals surface area contributed by atoms with E-state index in [2.05, 4.69) is 116 Å². The molecule has 8 rings (SSSR count). The lowest BCUT2D eigenvalue weighted by atomic mass is 10.1. The number of hydrogen-bond acceptors (Lipinski definition) is 4. The number of para-hydroxylation sites is 2. The first kappa shape index (κ1) is 30.4. The molecule has 0 bridgehead atoms. The van der Waals surface area contributed by atoms with Crippen molar-refractivity contribution in [3.8, 4) is 0 Å². The molecule has 0 atom stereocenters. The van der Waals surface area contributed by atoms with Gasteiger partial charge >= 0.3 is 0 Å². The molecule has 0 N–H and O–H groups in total. The molecule has 2 aliphatic rings. The topological polar surface area (TPSA) is 42.1 Å². The number of fused-ring (bicyclic) bond motifs is 6. The van der Waals surface area contributed by atoms with Crippen molar-refractivity contribution in [1.29, 1.82) is 0 Å². The highest BCUT2D eigenvalue weighted by molar-refractivity contribution is 5.86. The Morgan fingerprint density at radius 3 is 1.41 bits per heavy atom.